The highest BCUT2D eigenvalue weighted by Crippen LogP contribution is 2.41. The van der Waals surface area contributed by atoms with Crippen molar-refractivity contribution in [3.8, 4) is 11.5 Å². The number of amides is 2. The first kappa shape index (κ1) is 23.0. The number of β-amino-alcohol motifs (C(OH)–C–C–N with tert-alkyl or cyclic N) is 1. The average molecular weight is 446 g/mol. The summed E-state index contributed by atoms with van der Waals surface area (Å²) in [5.74, 6) is 0.566. The summed E-state index contributed by atoms with van der Waals surface area (Å²) in [7, 11) is 0. The topological polar surface area (TPSA) is 66.8 Å². The van der Waals surface area contributed by atoms with E-state index in [0.29, 0.717) is 22.3 Å². The number of benzene rings is 3. The number of carbonyl (C=O) groups excluding carboxylic acids is 2. The summed E-state index contributed by atoms with van der Waals surface area (Å²) in [6, 6.07) is 15.2. The van der Waals surface area contributed by atoms with Gasteiger partial charge in [-0.05, 0) is 40.7 Å². The lowest BCUT2D eigenvalue weighted by Gasteiger charge is -2.28. The highest BCUT2D eigenvalue weighted by molar-refractivity contribution is 6.26. The summed E-state index contributed by atoms with van der Waals surface area (Å²) in [5.41, 5.74) is 3.09. The van der Waals surface area contributed by atoms with Gasteiger partial charge >= 0.3 is 0 Å². The molecular formula is C28H31NO4. The zero-order valence-electron chi connectivity index (χ0n) is 20.2. The Kier molecular flexibility index (Phi) is 5.57. The van der Waals surface area contributed by atoms with Gasteiger partial charge in [0.05, 0.1) is 13.2 Å². The second kappa shape index (κ2) is 7.99. The van der Waals surface area contributed by atoms with E-state index in [0.717, 1.165) is 21.6 Å². The second-order valence-electron chi connectivity index (χ2n) is 10.6. The number of aliphatic hydroxyl groups is 1. The van der Waals surface area contributed by atoms with Gasteiger partial charge in [-0.15, -0.1) is 0 Å². The van der Waals surface area contributed by atoms with E-state index >= 15 is 0 Å². The van der Waals surface area contributed by atoms with Crippen molar-refractivity contribution in [3.05, 3.63) is 70.8 Å². The quantitative estimate of drug-likeness (QED) is 0.514. The number of aliphatic hydroxyl groups excluding tert-OH is 1. The van der Waals surface area contributed by atoms with Gasteiger partial charge < -0.3 is 9.84 Å². The largest absolute Gasteiger partial charge is 0.456 e. The third-order valence-electron chi connectivity index (χ3n) is 6.15. The lowest BCUT2D eigenvalue weighted by molar-refractivity contribution is 0.0580. The number of hydrogen-bond acceptors (Lipinski definition) is 4. The van der Waals surface area contributed by atoms with Crippen LogP contribution in [0.25, 0.3) is 10.8 Å². The standard InChI is InChI=1S/C28H31NO4/c1-27(2,3)17-10-12-23(21(16-17)28(4,5)6)33-22-13-11-20-24-18(22)8-7-9-19(24)25(31)29(14-15-30)26(20)32/h7-13,16,30H,14-15H2,1-6H3. The van der Waals surface area contributed by atoms with Crippen molar-refractivity contribution < 1.29 is 19.4 Å². The predicted molar refractivity (Wildman–Crippen MR) is 130 cm³/mol. The summed E-state index contributed by atoms with van der Waals surface area (Å²) in [5, 5.41) is 10.6. The van der Waals surface area contributed by atoms with E-state index in [1.54, 1.807) is 24.3 Å². The van der Waals surface area contributed by atoms with Crippen molar-refractivity contribution in [3.63, 3.8) is 0 Å². The molecule has 5 nitrogen and oxygen atoms in total. The molecule has 2 amide bonds. The van der Waals surface area contributed by atoms with Gasteiger partial charge in [0.15, 0.2) is 0 Å². The van der Waals surface area contributed by atoms with Gasteiger partial charge in [-0.3, -0.25) is 14.5 Å². The fourth-order valence-electron chi connectivity index (χ4n) is 4.30. The van der Waals surface area contributed by atoms with Crippen LogP contribution < -0.4 is 4.74 Å². The van der Waals surface area contributed by atoms with Gasteiger partial charge in [-0.25, -0.2) is 0 Å². The SMILES string of the molecule is CC(C)(C)c1ccc(Oc2ccc3c4c(cccc24)C(=O)N(CCO)C3=O)c(C(C)(C)C)c1. The van der Waals surface area contributed by atoms with Crippen molar-refractivity contribution in [2.24, 2.45) is 0 Å². The van der Waals surface area contributed by atoms with Gasteiger partial charge in [0.2, 0.25) is 0 Å². The monoisotopic (exact) mass is 445 g/mol. The smallest absolute Gasteiger partial charge is 0.261 e. The van der Waals surface area contributed by atoms with Crippen molar-refractivity contribution in [1.82, 2.24) is 4.90 Å². The zero-order valence-corrected chi connectivity index (χ0v) is 20.2. The van der Waals surface area contributed by atoms with Crippen molar-refractivity contribution in [1.29, 1.82) is 0 Å². The van der Waals surface area contributed by atoms with Gasteiger partial charge in [0.1, 0.15) is 11.5 Å². The molecule has 0 saturated heterocycles. The van der Waals surface area contributed by atoms with Crippen LogP contribution in [0.3, 0.4) is 0 Å². The molecule has 0 aliphatic carbocycles. The molecule has 3 aromatic rings. The Balaban J connectivity index is 1.85. The van der Waals surface area contributed by atoms with Crippen LogP contribution in [0.1, 0.15) is 73.4 Å². The molecule has 1 heterocycles. The van der Waals surface area contributed by atoms with Crippen LogP contribution in [0, 0.1) is 0 Å². The molecule has 0 spiro atoms. The minimum atomic E-state index is -0.394. The van der Waals surface area contributed by atoms with E-state index in [1.165, 1.54) is 5.56 Å². The maximum absolute atomic E-state index is 12.9. The van der Waals surface area contributed by atoms with Crippen molar-refractivity contribution in [2.75, 3.05) is 13.2 Å². The first-order valence-corrected chi connectivity index (χ1v) is 11.3. The van der Waals surface area contributed by atoms with E-state index in [9.17, 15) is 14.7 Å². The van der Waals surface area contributed by atoms with E-state index in [-0.39, 0.29) is 24.0 Å². The Morgan fingerprint density at radius 3 is 2.06 bits per heavy atom. The van der Waals surface area contributed by atoms with Crippen molar-refractivity contribution >= 4 is 22.6 Å². The summed E-state index contributed by atoms with van der Waals surface area (Å²) >= 11 is 0. The highest BCUT2D eigenvalue weighted by Gasteiger charge is 2.33. The van der Waals surface area contributed by atoms with Gasteiger partial charge in [0, 0.05) is 27.5 Å². The minimum absolute atomic E-state index is 0.0138. The average Bonchev–Trinajstić information content (AvgIpc) is 2.74. The first-order chi connectivity index (χ1) is 15.4. The maximum atomic E-state index is 12.9. The molecule has 1 aliphatic rings. The van der Waals surface area contributed by atoms with E-state index < -0.39 is 11.8 Å². The first-order valence-electron chi connectivity index (χ1n) is 11.3. The molecule has 4 rings (SSSR count). The summed E-state index contributed by atoms with van der Waals surface area (Å²) in [4.78, 5) is 27.0. The minimum Gasteiger partial charge on any atom is -0.456 e. The fraction of sp³-hybridized carbons (Fsp3) is 0.357. The van der Waals surface area contributed by atoms with Crippen LogP contribution in [0.4, 0.5) is 0 Å². The Labute approximate surface area is 195 Å². The Bertz CT molecular complexity index is 1240. The zero-order chi connectivity index (χ0) is 24.1. The molecule has 3 aromatic carbocycles. The highest BCUT2D eigenvalue weighted by atomic mass is 16.5. The van der Waals surface area contributed by atoms with E-state index in [1.807, 2.05) is 12.1 Å². The molecule has 0 fully saturated rings. The number of hydrogen-bond donors (Lipinski definition) is 1. The summed E-state index contributed by atoms with van der Waals surface area (Å²) in [6.07, 6.45) is 0. The van der Waals surface area contributed by atoms with Crippen molar-refractivity contribution in [2.45, 2.75) is 52.4 Å². The van der Waals surface area contributed by atoms with Crippen LogP contribution in [-0.2, 0) is 10.8 Å². The van der Waals surface area contributed by atoms with Gasteiger partial charge in [-0.2, -0.15) is 0 Å². The third-order valence-corrected chi connectivity index (χ3v) is 6.15. The normalized spacial score (nSPS) is 14.2. The molecule has 0 saturated carbocycles. The van der Waals surface area contributed by atoms with Crippen LogP contribution in [0.2, 0.25) is 0 Å². The van der Waals surface area contributed by atoms with Crippen LogP contribution in [0.5, 0.6) is 11.5 Å². The molecule has 1 N–H and O–H groups in total. The molecule has 5 heteroatoms. The van der Waals surface area contributed by atoms with Crippen LogP contribution >= 0.6 is 0 Å². The summed E-state index contributed by atoms with van der Waals surface area (Å²) in [6.45, 7) is 12.7. The molecular weight excluding hydrogens is 414 g/mol. The Morgan fingerprint density at radius 1 is 0.818 bits per heavy atom. The van der Waals surface area contributed by atoms with E-state index in [4.69, 9.17) is 4.74 Å². The molecule has 172 valence electrons. The molecule has 33 heavy (non-hydrogen) atoms. The predicted octanol–water partition coefficient (Wildman–Crippen LogP) is 5.82. The third kappa shape index (κ3) is 4.02. The molecule has 0 unspecified atom stereocenters. The van der Waals surface area contributed by atoms with Crippen LogP contribution in [-0.4, -0.2) is 35.0 Å². The molecule has 1 aliphatic heterocycles. The van der Waals surface area contributed by atoms with Crippen LogP contribution in [0.15, 0.2) is 48.5 Å². The number of rotatable bonds is 4. The van der Waals surface area contributed by atoms with Gasteiger partial charge in [0.25, 0.3) is 11.8 Å². The molecule has 0 aromatic heterocycles. The fourth-order valence-corrected chi connectivity index (χ4v) is 4.30. The second-order valence-corrected chi connectivity index (χ2v) is 10.6. The Morgan fingerprint density at radius 2 is 1.45 bits per heavy atom. The Hall–Kier alpha value is -3.18. The number of imide groups is 1. The number of nitrogens with zero attached hydrogens (tertiary/aromatic N) is 1. The molecule has 0 radical (unpaired) electrons. The van der Waals surface area contributed by atoms with Gasteiger partial charge in [-0.1, -0.05) is 65.8 Å². The molecule has 0 bridgehead atoms. The van der Waals surface area contributed by atoms with E-state index in [2.05, 4.69) is 53.7 Å². The maximum Gasteiger partial charge on any atom is 0.261 e. The number of carbonyl (C=O) groups is 2. The lowest BCUT2D eigenvalue weighted by Crippen LogP contribution is -2.41. The molecule has 0 atom stereocenters. The lowest BCUT2D eigenvalue weighted by atomic mass is 9.80. The number of ether oxygens (including phenoxy) is 1. The summed E-state index contributed by atoms with van der Waals surface area (Å²) < 4.78 is 6.46.